The molecule has 0 spiro atoms. The second-order valence-corrected chi connectivity index (χ2v) is 6.09. The minimum Gasteiger partial charge on any atom is -0.381 e. The van der Waals surface area contributed by atoms with Gasteiger partial charge >= 0.3 is 0 Å². The Hall–Kier alpha value is -0.850. The summed E-state index contributed by atoms with van der Waals surface area (Å²) in [4.78, 5) is 26.3. The Morgan fingerprint density at radius 1 is 1.18 bits per heavy atom. The molecule has 0 radical (unpaired) electrons. The van der Waals surface area contributed by atoms with E-state index in [-0.39, 0.29) is 30.1 Å². The standard InChI is InChI=1S/C15H27N3O3.ClH/c1-11(15(20)18-7-3-2-4-8-18)17-14(19)13(16)12-5-9-21-10-6-12;/h11-13H,2-10,16H2,1H3,(H,17,19);1H. The van der Waals surface area contributed by atoms with E-state index in [4.69, 9.17) is 10.5 Å². The smallest absolute Gasteiger partial charge is 0.244 e. The van der Waals surface area contributed by atoms with Crippen LogP contribution in [0, 0.1) is 5.92 Å². The molecule has 22 heavy (non-hydrogen) atoms. The maximum atomic E-state index is 12.3. The zero-order chi connectivity index (χ0) is 15.2. The summed E-state index contributed by atoms with van der Waals surface area (Å²) in [6, 6.07) is -1.05. The van der Waals surface area contributed by atoms with Crippen molar-refractivity contribution in [3.8, 4) is 0 Å². The molecule has 2 atom stereocenters. The van der Waals surface area contributed by atoms with Gasteiger partial charge in [-0.25, -0.2) is 0 Å². The number of ether oxygens (including phenoxy) is 1. The van der Waals surface area contributed by atoms with Crippen LogP contribution in [0.5, 0.6) is 0 Å². The highest BCUT2D eigenvalue weighted by Crippen LogP contribution is 2.18. The maximum Gasteiger partial charge on any atom is 0.244 e. The van der Waals surface area contributed by atoms with Gasteiger partial charge < -0.3 is 20.7 Å². The predicted molar refractivity (Wildman–Crippen MR) is 86.8 cm³/mol. The molecular formula is C15H28ClN3O3. The number of halogens is 1. The van der Waals surface area contributed by atoms with E-state index in [0.29, 0.717) is 13.2 Å². The van der Waals surface area contributed by atoms with E-state index in [1.54, 1.807) is 6.92 Å². The predicted octanol–water partition coefficient (Wildman–Crippen LogP) is 0.679. The van der Waals surface area contributed by atoms with Crippen LogP contribution in [-0.2, 0) is 14.3 Å². The number of hydrogen-bond donors (Lipinski definition) is 2. The molecule has 2 amide bonds. The molecule has 7 heteroatoms. The molecule has 2 saturated heterocycles. The zero-order valence-electron chi connectivity index (χ0n) is 13.3. The van der Waals surface area contributed by atoms with Gasteiger partial charge in [0.05, 0.1) is 6.04 Å². The Bertz CT molecular complexity index is 369. The van der Waals surface area contributed by atoms with Gasteiger partial charge in [0.2, 0.25) is 11.8 Å². The summed E-state index contributed by atoms with van der Waals surface area (Å²) >= 11 is 0. The molecule has 0 bridgehead atoms. The summed E-state index contributed by atoms with van der Waals surface area (Å²) in [6.45, 7) is 4.66. The average Bonchev–Trinajstić information content (AvgIpc) is 2.55. The van der Waals surface area contributed by atoms with Crippen molar-refractivity contribution in [2.24, 2.45) is 11.7 Å². The summed E-state index contributed by atoms with van der Waals surface area (Å²) in [5.74, 6) is -0.0713. The largest absolute Gasteiger partial charge is 0.381 e. The number of nitrogens with one attached hydrogen (secondary N) is 1. The van der Waals surface area contributed by atoms with Gasteiger partial charge in [-0.3, -0.25) is 9.59 Å². The highest BCUT2D eigenvalue weighted by Gasteiger charge is 2.29. The summed E-state index contributed by atoms with van der Waals surface area (Å²) < 4.78 is 5.28. The molecule has 2 aliphatic rings. The number of nitrogens with zero attached hydrogens (tertiary/aromatic N) is 1. The molecule has 0 aliphatic carbocycles. The lowest BCUT2D eigenvalue weighted by atomic mass is 9.91. The van der Waals surface area contributed by atoms with Gasteiger partial charge in [-0.15, -0.1) is 12.4 Å². The summed E-state index contributed by atoms with van der Waals surface area (Å²) in [7, 11) is 0. The fraction of sp³-hybridized carbons (Fsp3) is 0.867. The number of piperidine rings is 1. The molecule has 2 heterocycles. The lowest BCUT2D eigenvalue weighted by Crippen LogP contribution is -2.54. The molecular weight excluding hydrogens is 306 g/mol. The zero-order valence-corrected chi connectivity index (χ0v) is 14.1. The number of carbonyl (C=O) groups excluding carboxylic acids is 2. The quantitative estimate of drug-likeness (QED) is 0.792. The van der Waals surface area contributed by atoms with Crippen molar-refractivity contribution >= 4 is 24.2 Å². The molecule has 0 saturated carbocycles. The number of rotatable bonds is 4. The fourth-order valence-corrected chi connectivity index (χ4v) is 3.05. The number of amides is 2. The summed E-state index contributed by atoms with van der Waals surface area (Å²) in [6.07, 6.45) is 4.90. The normalized spacial score (nSPS) is 22.4. The van der Waals surface area contributed by atoms with E-state index < -0.39 is 12.1 Å². The van der Waals surface area contributed by atoms with E-state index >= 15 is 0 Å². The Kier molecular flexibility index (Phi) is 8.14. The van der Waals surface area contributed by atoms with E-state index in [2.05, 4.69) is 5.32 Å². The number of carbonyl (C=O) groups is 2. The molecule has 2 unspecified atom stereocenters. The van der Waals surface area contributed by atoms with E-state index in [0.717, 1.165) is 38.8 Å². The Balaban J connectivity index is 0.00000242. The highest BCUT2D eigenvalue weighted by atomic mass is 35.5. The maximum absolute atomic E-state index is 12.3. The van der Waals surface area contributed by atoms with Gasteiger partial charge in [0.15, 0.2) is 0 Å². The first kappa shape index (κ1) is 19.2. The number of hydrogen-bond acceptors (Lipinski definition) is 4. The van der Waals surface area contributed by atoms with Crippen molar-refractivity contribution in [1.82, 2.24) is 10.2 Å². The number of likely N-dealkylation sites (tertiary alicyclic amines) is 1. The van der Waals surface area contributed by atoms with Gasteiger partial charge in [-0.2, -0.15) is 0 Å². The van der Waals surface area contributed by atoms with Crippen LogP contribution in [0.4, 0.5) is 0 Å². The van der Waals surface area contributed by atoms with Gasteiger partial charge in [-0.1, -0.05) is 0 Å². The van der Waals surface area contributed by atoms with Crippen LogP contribution in [0.15, 0.2) is 0 Å². The molecule has 6 nitrogen and oxygen atoms in total. The first-order valence-corrected chi connectivity index (χ1v) is 8.02. The summed E-state index contributed by atoms with van der Waals surface area (Å²) in [5, 5.41) is 2.78. The molecule has 2 fully saturated rings. The van der Waals surface area contributed by atoms with Crippen molar-refractivity contribution in [2.45, 2.75) is 51.1 Å². The molecule has 0 aromatic carbocycles. The third-order valence-corrected chi connectivity index (χ3v) is 4.47. The Morgan fingerprint density at radius 3 is 2.36 bits per heavy atom. The Labute approximate surface area is 138 Å². The van der Waals surface area contributed by atoms with Crippen LogP contribution in [0.1, 0.15) is 39.0 Å². The minimum absolute atomic E-state index is 0. The SMILES string of the molecule is CC(NC(=O)C(N)C1CCOCC1)C(=O)N1CCCCC1.Cl. The molecule has 0 aromatic heterocycles. The van der Waals surface area contributed by atoms with Crippen LogP contribution in [0.3, 0.4) is 0 Å². The van der Waals surface area contributed by atoms with Gasteiger partial charge in [-0.05, 0) is 44.9 Å². The van der Waals surface area contributed by atoms with Gasteiger partial charge in [0.25, 0.3) is 0 Å². The van der Waals surface area contributed by atoms with Crippen LogP contribution in [-0.4, -0.2) is 55.1 Å². The molecule has 2 aliphatic heterocycles. The topological polar surface area (TPSA) is 84.7 Å². The average molecular weight is 334 g/mol. The van der Waals surface area contributed by atoms with Crippen LogP contribution in [0.25, 0.3) is 0 Å². The second kappa shape index (κ2) is 9.33. The molecule has 128 valence electrons. The van der Waals surface area contributed by atoms with Crippen molar-refractivity contribution in [1.29, 1.82) is 0 Å². The van der Waals surface area contributed by atoms with Gasteiger partial charge in [0.1, 0.15) is 6.04 Å². The first-order valence-electron chi connectivity index (χ1n) is 8.02. The van der Waals surface area contributed by atoms with Crippen molar-refractivity contribution in [3.63, 3.8) is 0 Å². The van der Waals surface area contributed by atoms with Crippen LogP contribution in [0.2, 0.25) is 0 Å². The minimum atomic E-state index is -0.550. The van der Waals surface area contributed by atoms with Crippen LogP contribution < -0.4 is 11.1 Å². The number of nitrogens with two attached hydrogens (primary N) is 1. The molecule has 0 aromatic rings. The van der Waals surface area contributed by atoms with Crippen LogP contribution >= 0.6 is 12.4 Å². The third-order valence-electron chi connectivity index (χ3n) is 4.47. The van der Waals surface area contributed by atoms with E-state index in [1.165, 1.54) is 6.42 Å². The van der Waals surface area contributed by atoms with Crippen molar-refractivity contribution in [3.05, 3.63) is 0 Å². The second-order valence-electron chi connectivity index (χ2n) is 6.09. The third kappa shape index (κ3) is 5.11. The monoisotopic (exact) mass is 333 g/mol. The van der Waals surface area contributed by atoms with Crippen molar-refractivity contribution in [2.75, 3.05) is 26.3 Å². The van der Waals surface area contributed by atoms with Gasteiger partial charge in [0, 0.05) is 26.3 Å². The molecule has 2 rings (SSSR count). The highest BCUT2D eigenvalue weighted by molar-refractivity contribution is 5.89. The fourth-order valence-electron chi connectivity index (χ4n) is 3.05. The lowest BCUT2D eigenvalue weighted by molar-refractivity contribution is -0.137. The van der Waals surface area contributed by atoms with E-state index in [1.807, 2.05) is 4.90 Å². The molecule has 3 N–H and O–H groups in total. The lowest BCUT2D eigenvalue weighted by Gasteiger charge is -2.31. The first-order chi connectivity index (χ1) is 10.1. The summed E-state index contributed by atoms with van der Waals surface area (Å²) in [5.41, 5.74) is 6.03. The Morgan fingerprint density at radius 2 is 1.77 bits per heavy atom. The van der Waals surface area contributed by atoms with Crippen molar-refractivity contribution < 1.29 is 14.3 Å². The van der Waals surface area contributed by atoms with E-state index in [9.17, 15) is 9.59 Å².